The summed E-state index contributed by atoms with van der Waals surface area (Å²) in [6.45, 7) is 5.67. The molecule has 0 unspecified atom stereocenters. The average Bonchev–Trinajstić information content (AvgIpc) is 3.33. The van der Waals surface area contributed by atoms with E-state index in [4.69, 9.17) is 9.40 Å². The minimum absolute atomic E-state index is 0.0734. The third-order valence-electron chi connectivity index (χ3n) is 5.06. The second kappa shape index (κ2) is 5.90. The first-order valence-corrected chi connectivity index (χ1v) is 9.10. The number of aromatic nitrogens is 4. The van der Waals surface area contributed by atoms with Crippen molar-refractivity contribution in [2.75, 3.05) is 18.0 Å². The lowest BCUT2D eigenvalue weighted by molar-refractivity contribution is 0.470. The van der Waals surface area contributed by atoms with E-state index < -0.39 is 0 Å². The molecule has 5 rings (SSSR count). The van der Waals surface area contributed by atoms with Gasteiger partial charge >= 0.3 is 0 Å². The Morgan fingerprint density at radius 2 is 1.67 bits per heavy atom. The summed E-state index contributed by atoms with van der Waals surface area (Å²) in [6, 6.07) is 7.73. The van der Waals surface area contributed by atoms with Crippen LogP contribution in [-0.4, -0.2) is 38.1 Å². The van der Waals surface area contributed by atoms with Gasteiger partial charge in [-0.25, -0.2) is 19.9 Å². The number of nitrogens with zero attached hydrogens (tertiary/aromatic N) is 5. The van der Waals surface area contributed by atoms with Crippen LogP contribution in [0.15, 0.2) is 28.7 Å². The lowest BCUT2D eigenvalue weighted by Gasteiger charge is -2.16. The highest BCUT2D eigenvalue weighted by molar-refractivity contribution is 5.84. The highest BCUT2D eigenvalue weighted by Crippen LogP contribution is 2.34. The van der Waals surface area contributed by atoms with E-state index in [2.05, 4.69) is 19.9 Å². The van der Waals surface area contributed by atoms with Gasteiger partial charge in [-0.1, -0.05) is 0 Å². The number of aromatic hydroxyl groups is 1. The van der Waals surface area contributed by atoms with E-state index in [-0.39, 0.29) is 5.75 Å². The largest absolute Gasteiger partial charge is 0.505 e. The molecule has 5 heterocycles. The lowest BCUT2D eigenvalue weighted by Crippen LogP contribution is -2.18. The van der Waals surface area contributed by atoms with E-state index in [0.29, 0.717) is 34.1 Å². The van der Waals surface area contributed by atoms with E-state index in [0.717, 1.165) is 29.9 Å². The van der Waals surface area contributed by atoms with Crippen molar-refractivity contribution in [3.8, 4) is 17.1 Å². The molecular formula is C20H19N5O2. The predicted octanol–water partition coefficient (Wildman–Crippen LogP) is 3.76. The summed E-state index contributed by atoms with van der Waals surface area (Å²) in [5, 5.41) is 10.6. The molecule has 0 bridgehead atoms. The van der Waals surface area contributed by atoms with Crippen LogP contribution in [-0.2, 0) is 0 Å². The number of pyridine rings is 3. The van der Waals surface area contributed by atoms with Gasteiger partial charge < -0.3 is 14.4 Å². The summed E-state index contributed by atoms with van der Waals surface area (Å²) in [5.74, 6) is 1.58. The van der Waals surface area contributed by atoms with Gasteiger partial charge in [0.15, 0.2) is 5.89 Å². The zero-order chi connectivity index (χ0) is 18.5. The van der Waals surface area contributed by atoms with Gasteiger partial charge in [0.2, 0.25) is 5.71 Å². The summed E-state index contributed by atoms with van der Waals surface area (Å²) in [6.07, 6.45) is 2.43. The van der Waals surface area contributed by atoms with Crippen LogP contribution in [0.5, 0.6) is 5.75 Å². The van der Waals surface area contributed by atoms with Crippen LogP contribution in [0.25, 0.3) is 33.7 Å². The zero-order valence-electron chi connectivity index (χ0n) is 15.2. The van der Waals surface area contributed by atoms with Gasteiger partial charge in [0.25, 0.3) is 0 Å². The standard InChI is InChI=1S/C20H19N5O2/c1-11-17-20(27-12(2)21-17)24-18(19(11)26)15-6-5-14-13(22-15)7-8-16(23-14)25-9-3-4-10-25/h5-8,26H,3-4,9-10H2,1-2H3. The fourth-order valence-corrected chi connectivity index (χ4v) is 3.61. The maximum atomic E-state index is 10.6. The number of anilines is 1. The lowest BCUT2D eigenvalue weighted by atomic mass is 10.1. The van der Waals surface area contributed by atoms with E-state index in [1.807, 2.05) is 24.3 Å². The molecule has 0 atom stereocenters. The molecule has 7 heteroatoms. The highest BCUT2D eigenvalue weighted by atomic mass is 16.4. The molecule has 7 nitrogen and oxygen atoms in total. The molecule has 0 saturated carbocycles. The van der Waals surface area contributed by atoms with Crippen molar-refractivity contribution in [3.05, 3.63) is 35.7 Å². The minimum atomic E-state index is 0.0734. The molecule has 1 saturated heterocycles. The molecule has 1 aliphatic heterocycles. The van der Waals surface area contributed by atoms with E-state index in [1.165, 1.54) is 12.8 Å². The summed E-state index contributed by atoms with van der Waals surface area (Å²) >= 11 is 0. The van der Waals surface area contributed by atoms with Gasteiger partial charge in [0.1, 0.15) is 22.8 Å². The van der Waals surface area contributed by atoms with Gasteiger partial charge in [0, 0.05) is 25.6 Å². The van der Waals surface area contributed by atoms with Crippen molar-refractivity contribution in [2.45, 2.75) is 26.7 Å². The Bertz CT molecular complexity index is 1180. The molecule has 136 valence electrons. The molecule has 27 heavy (non-hydrogen) atoms. The molecule has 4 aromatic heterocycles. The van der Waals surface area contributed by atoms with Crippen molar-refractivity contribution in [3.63, 3.8) is 0 Å². The Kier molecular flexibility index (Phi) is 3.50. The second-order valence-corrected chi connectivity index (χ2v) is 6.92. The first kappa shape index (κ1) is 16.0. The van der Waals surface area contributed by atoms with E-state index in [1.54, 1.807) is 13.8 Å². The van der Waals surface area contributed by atoms with Crippen LogP contribution >= 0.6 is 0 Å². The molecule has 0 aliphatic carbocycles. The zero-order valence-corrected chi connectivity index (χ0v) is 15.2. The fourth-order valence-electron chi connectivity index (χ4n) is 3.61. The summed E-state index contributed by atoms with van der Waals surface area (Å²) in [4.78, 5) is 20.4. The van der Waals surface area contributed by atoms with Gasteiger partial charge in [0.05, 0.1) is 16.7 Å². The highest BCUT2D eigenvalue weighted by Gasteiger charge is 2.19. The summed E-state index contributed by atoms with van der Waals surface area (Å²) < 4.78 is 5.55. The summed E-state index contributed by atoms with van der Waals surface area (Å²) in [7, 11) is 0. The quantitative estimate of drug-likeness (QED) is 0.581. The first-order valence-electron chi connectivity index (χ1n) is 9.10. The van der Waals surface area contributed by atoms with Crippen LogP contribution in [0.3, 0.4) is 0 Å². The molecule has 0 radical (unpaired) electrons. The normalized spacial score (nSPS) is 14.5. The second-order valence-electron chi connectivity index (χ2n) is 6.92. The van der Waals surface area contributed by atoms with Gasteiger partial charge in [-0.3, -0.25) is 0 Å². The van der Waals surface area contributed by atoms with Gasteiger partial charge in [-0.2, -0.15) is 0 Å². The third-order valence-corrected chi connectivity index (χ3v) is 5.06. The van der Waals surface area contributed by atoms with Crippen molar-refractivity contribution in [2.24, 2.45) is 0 Å². The van der Waals surface area contributed by atoms with E-state index >= 15 is 0 Å². The van der Waals surface area contributed by atoms with Crippen LogP contribution < -0.4 is 4.90 Å². The molecule has 0 amide bonds. The number of aryl methyl sites for hydroxylation is 2. The SMILES string of the molecule is Cc1nc2c(C)c(O)c(-c3ccc4nc(N5CCCC5)ccc4n3)nc2o1. The average molecular weight is 361 g/mol. The maximum Gasteiger partial charge on any atom is 0.248 e. The van der Waals surface area contributed by atoms with Crippen LogP contribution in [0, 0.1) is 13.8 Å². The molecule has 1 aliphatic rings. The summed E-state index contributed by atoms with van der Waals surface area (Å²) in [5.41, 5.74) is 4.18. The number of fused-ring (bicyclic) bond motifs is 2. The molecular weight excluding hydrogens is 342 g/mol. The van der Waals surface area contributed by atoms with Gasteiger partial charge in [-0.15, -0.1) is 0 Å². The molecule has 4 aromatic rings. The van der Waals surface area contributed by atoms with E-state index in [9.17, 15) is 5.11 Å². The van der Waals surface area contributed by atoms with Crippen LogP contribution in [0.4, 0.5) is 5.82 Å². The Hall–Kier alpha value is -3.22. The Morgan fingerprint density at radius 3 is 2.48 bits per heavy atom. The topological polar surface area (TPSA) is 88.2 Å². The smallest absolute Gasteiger partial charge is 0.248 e. The third kappa shape index (κ3) is 2.58. The van der Waals surface area contributed by atoms with Crippen molar-refractivity contribution in [1.82, 2.24) is 19.9 Å². The Balaban J connectivity index is 1.61. The molecule has 1 fully saturated rings. The minimum Gasteiger partial charge on any atom is -0.505 e. The maximum absolute atomic E-state index is 10.6. The number of rotatable bonds is 2. The van der Waals surface area contributed by atoms with Crippen molar-refractivity contribution in [1.29, 1.82) is 0 Å². The van der Waals surface area contributed by atoms with Crippen molar-refractivity contribution >= 4 is 28.1 Å². The molecule has 0 aromatic carbocycles. The predicted molar refractivity (Wildman–Crippen MR) is 103 cm³/mol. The van der Waals surface area contributed by atoms with Crippen LogP contribution in [0.1, 0.15) is 24.3 Å². The number of hydrogen-bond acceptors (Lipinski definition) is 7. The monoisotopic (exact) mass is 361 g/mol. The van der Waals surface area contributed by atoms with Crippen molar-refractivity contribution < 1.29 is 9.52 Å². The first-order chi connectivity index (χ1) is 13.1. The molecule has 1 N–H and O–H groups in total. The number of oxazole rings is 1. The Labute approximate surface area is 155 Å². The number of hydrogen-bond donors (Lipinski definition) is 1. The van der Waals surface area contributed by atoms with Gasteiger partial charge in [-0.05, 0) is 44.0 Å². The fraction of sp³-hybridized carbons (Fsp3) is 0.300. The van der Waals surface area contributed by atoms with Crippen LogP contribution in [0.2, 0.25) is 0 Å². The molecule has 0 spiro atoms. The Morgan fingerprint density at radius 1 is 0.926 bits per heavy atom.